The molecule has 0 aromatic heterocycles. The SMILES string of the molecule is Cc1cccc(Cl)c1NC1CCCN(C(C)C)CC1. The van der Waals surface area contributed by atoms with Gasteiger partial charge in [-0.3, -0.25) is 0 Å². The van der Waals surface area contributed by atoms with Crippen molar-refractivity contribution in [3.05, 3.63) is 28.8 Å². The van der Waals surface area contributed by atoms with Gasteiger partial charge in [0.15, 0.2) is 0 Å². The van der Waals surface area contributed by atoms with Gasteiger partial charge in [0, 0.05) is 18.6 Å². The molecule has 0 amide bonds. The Morgan fingerprint density at radius 2 is 2.05 bits per heavy atom. The fourth-order valence-corrected chi connectivity index (χ4v) is 3.07. The van der Waals surface area contributed by atoms with Crippen molar-refractivity contribution in [1.82, 2.24) is 4.90 Å². The minimum Gasteiger partial charge on any atom is -0.381 e. The van der Waals surface area contributed by atoms with Crippen LogP contribution in [0.4, 0.5) is 5.69 Å². The maximum absolute atomic E-state index is 6.30. The Bertz CT molecular complexity index is 397. The highest BCUT2D eigenvalue weighted by Crippen LogP contribution is 2.28. The summed E-state index contributed by atoms with van der Waals surface area (Å²) in [5.41, 5.74) is 2.35. The van der Waals surface area contributed by atoms with E-state index in [9.17, 15) is 0 Å². The van der Waals surface area contributed by atoms with Crippen molar-refractivity contribution in [3.8, 4) is 0 Å². The molecule has 19 heavy (non-hydrogen) atoms. The van der Waals surface area contributed by atoms with Crippen molar-refractivity contribution in [2.24, 2.45) is 0 Å². The molecule has 2 rings (SSSR count). The number of benzene rings is 1. The molecule has 0 radical (unpaired) electrons. The number of para-hydroxylation sites is 1. The van der Waals surface area contributed by atoms with Crippen LogP contribution in [0.3, 0.4) is 0 Å². The van der Waals surface area contributed by atoms with Crippen LogP contribution in [-0.2, 0) is 0 Å². The molecule has 0 aliphatic carbocycles. The van der Waals surface area contributed by atoms with Crippen LogP contribution < -0.4 is 5.32 Å². The Hall–Kier alpha value is -0.730. The van der Waals surface area contributed by atoms with Gasteiger partial charge in [0.25, 0.3) is 0 Å². The summed E-state index contributed by atoms with van der Waals surface area (Å²) in [4.78, 5) is 2.57. The molecule has 3 heteroatoms. The Kier molecular flexibility index (Phi) is 5.12. The highest BCUT2D eigenvalue weighted by molar-refractivity contribution is 6.33. The maximum atomic E-state index is 6.30. The van der Waals surface area contributed by atoms with Gasteiger partial charge in [-0.25, -0.2) is 0 Å². The molecule has 1 saturated heterocycles. The van der Waals surface area contributed by atoms with E-state index in [2.05, 4.69) is 37.1 Å². The van der Waals surface area contributed by atoms with Crippen molar-refractivity contribution in [2.75, 3.05) is 18.4 Å². The number of rotatable bonds is 3. The number of hydrogen-bond acceptors (Lipinski definition) is 2. The highest BCUT2D eigenvalue weighted by Gasteiger charge is 2.19. The van der Waals surface area contributed by atoms with E-state index in [1.165, 1.54) is 37.9 Å². The molecule has 1 heterocycles. The third kappa shape index (κ3) is 3.87. The summed E-state index contributed by atoms with van der Waals surface area (Å²) in [7, 11) is 0. The molecule has 1 fully saturated rings. The van der Waals surface area contributed by atoms with Gasteiger partial charge in [-0.05, 0) is 58.2 Å². The first kappa shape index (κ1) is 14.7. The van der Waals surface area contributed by atoms with Crippen LogP contribution in [0, 0.1) is 6.92 Å². The Morgan fingerprint density at radius 1 is 1.26 bits per heavy atom. The number of nitrogens with zero attached hydrogens (tertiary/aromatic N) is 1. The zero-order chi connectivity index (χ0) is 13.8. The van der Waals surface area contributed by atoms with Crippen LogP contribution in [0.1, 0.15) is 38.7 Å². The van der Waals surface area contributed by atoms with Crippen LogP contribution in [0.2, 0.25) is 5.02 Å². The van der Waals surface area contributed by atoms with Gasteiger partial charge in [0.05, 0.1) is 10.7 Å². The number of nitrogens with one attached hydrogen (secondary N) is 1. The Balaban J connectivity index is 2.00. The van der Waals surface area contributed by atoms with E-state index in [0.29, 0.717) is 12.1 Å². The predicted molar refractivity (Wildman–Crippen MR) is 84.2 cm³/mol. The summed E-state index contributed by atoms with van der Waals surface area (Å²) < 4.78 is 0. The molecule has 106 valence electrons. The van der Waals surface area contributed by atoms with E-state index < -0.39 is 0 Å². The molecule has 1 N–H and O–H groups in total. The second-order valence-corrected chi connectivity index (χ2v) is 6.24. The maximum Gasteiger partial charge on any atom is 0.0640 e. The monoisotopic (exact) mass is 280 g/mol. The van der Waals surface area contributed by atoms with Crippen molar-refractivity contribution < 1.29 is 0 Å². The van der Waals surface area contributed by atoms with E-state index >= 15 is 0 Å². The first-order valence-corrected chi connectivity index (χ1v) is 7.71. The summed E-state index contributed by atoms with van der Waals surface area (Å²) in [5, 5.41) is 4.50. The van der Waals surface area contributed by atoms with Gasteiger partial charge in [0.2, 0.25) is 0 Å². The largest absolute Gasteiger partial charge is 0.381 e. The topological polar surface area (TPSA) is 15.3 Å². The summed E-state index contributed by atoms with van der Waals surface area (Å²) in [6, 6.07) is 7.29. The minimum atomic E-state index is 0.544. The van der Waals surface area contributed by atoms with Gasteiger partial charge in [0.1, 0.15) is 0 Å². The predicted octanol–water partition coefficient (Wildman–Crippen LogP) is 4.32. The second kappa shape index (κ2) is 6.62. The standard InChI is InChI=1S/C16H25ClN2/c1-12(2)19-10-5-7-14(9-11-19)18-16-13(3)6-4-8-15(16)17/h4,6,8,12,14,18H,5,7,9-11H2,1-3H3. The molecule has 1 aliphatic rings. The van der Waals surface area contributed by atoms with E-state index in [4.69, 9.17) is 11.6 Å². The van der Waals surface area contributed by atoms with Crippen molar-refractivity contribution in [2.45, 2.75) is 52.1 Å². The van der Waals surface area contributed by atoms with Gasteiger partial charge in [-0.2, -0.15) is 0 Å². The van der Waals surface area contributed by atoms with Crippen molar-refractivity contribution in [3.63, 3.8) is 0 Å². The lowest BCUT2D eigenvalue weighted by Crippen LogP contribution is -2.32. The van der Waals surface area contributed by atoms with Gasteiger partial charge >= 0.3 is 0 Å². The summed E-state index contributed by atoms with van der Waals surface area (Å²) in [6.07, 6.45) is 3.69. The smallest absolute Gasteiger partial charge is 0.0640 e. The summed E-state index contributed by atoms with van der Waals surface area (Å²) in [6.45, 7) is 9.08. The molecule has 0 spiro atoms. The lowest BCUT2D eigenvalue weighted by Gasteiger charge is -2.24. The third-order valence-electron chi connectivity index (χ3n) is 4.06. The van der Waals surface area contributed by atoms with E-state index in [1.54, 1.807) is 0 Å². The first-order chi connectivity index (χ1) is 9.08. The van der Waals surface area contributed by atoms with Crippen LogP contribution in [-0.4, -0.2) is 30.1 Å². The molecule has 0 bridgehead atoms. The molecule has 2 nitrogen and oxygen atoms in total. The van der Waals surface area contributed by atoms with Crippen LogP contribution >= 0.6 is 11.6 Å². The molecule has 1 aromatic carbocycles. The van der Waals surface area contributed by atoms with E-state index in [-0.39, 0.29) is 0 Å². The van der Waals surface area contributed by atoms with Gasteiger partial charge in [-0.15, -0.1) is 0 Å². The lowest BCUT2D eigenvalue weighted by atomic mass is 10.1. The number of hydrogen-bond donors (Lipinski definition) is 1. The highest BCUT2D eigenvalue weighted by atomic mass is 35.5. The molecule has 1 aliphatic heterocycles. The van der Waals surface area contributed by atoms with Crippen LogP contribution in [0.25, 0.3) is 0 Å². The fourth-order valence-electron chi connectivity index (χ4n) is 2.80. The number of aryl methyl sites for hydroxylation is 1. The van der Waals surface area contributed by atoms with Crippen LogP contribution in [0.5, 0.6) is 0 Å². The van der Waals surface area contributed by atoms with Crippen LogP contribution in [0.15, 0.2) is 18.2 Å². The zero-order valence-electron chi connectivity index (χ0n) is 12.2. The average molecular weight is 281 g/mol. The number of anilines is 1. The number of halogens is 1. The fraction of sp³-hybridized carbons (Fsp3) is 0.625. The second-order valence-electron chi connectivity index (χ2n) is 5.83. The summed E-state index contributed by atoms with van der Waals surface area (Å²) in [5.74, 6) is 0. The molecule has 1 aromatic rings. The van der Waals surface area contributed by atoms with E-state index in [0.717, 1.165) is 10.7 Å². The first-order valence-electron chi connectivity index (χ1n) is 7.33. The van der Waals surface area contributed by atoms with Crippen molar-refractivity contribution in [1.29, 1.82) is 0 Å². The zero-order valence-corrected chi connectivity index (χ0v) is 13.0. The quantitative estimate of drug-likeness (QED) is 0.887. The average Bonchev–Trinajstić information content (AvgIpc) is 2.59. The molecular weight excluding hydrogens is 256 g/mol. The van der Waals surface area contributed by atoms with Crippen molar-refractivity contribution >= 4 is 17.3 Å². The normalized spacial score (nSPS) is 21.4. The third-order valence-corrected chi connectivity index (χ3v) is 4.38. The molecular formula is C16H25ClN2. The Morgan fingerprint density at radius 3 is 2.74 bits per heavy atom. The Labute approximate surface area is 122 Å². The minimum absolute atomic E-state index is 0.544. The molecule has 1 atom stereocenters. The number of likely N-dealkylation sites (tertiary alicyclic amines) is 1. The molecule has 0 saturated carbocycles. The van der Waals surface area contributed by atoms with E-state index in [1.807, 2.05) is 12.1 Å². The molecule has 1 unspecified atom stereocenters. The lowest BCUT2D eigenvalue weighted by molar-refractivity contribution is 0.230. The summed E-state index contributed by atoms with van der Waals surface area (Å²) >= 11 is 6.30. The van der Waals surface area contributed by atoms with Gasteiger partial charge < -0.3 is 10.2 Å². The van der Waals surface area contributed by atoms with Gasteiger partial charge in [-0.1, -0.05) is 23.7 Å².